The summed E-state index contributed by atoms with van der Waals surface area (Å²) in [7, 11) is 0. The van der Waals surface area contributed by atoms with Gasteiger partial charge in [-0.3, -0.25) is 4.68 Å². The Bertz CT molecular complexity index is 442. The Morgan fingerprint density at radius 2 is 2.00 bits per heavy atom. The maximum absolute atomic E-state index is 13.0. The van der Waals surface area contributed by atoms with Gasteiger partial charge in [-0.2, -0.15) is 5.10 Å². The van der Waals surface area contributed by atoms with Crippen molar-refractivity contribution in [1.29, 1.82) is 0 Å². The van der Waals surface area contributed by atoms with Crippen molar-refractivity contribution in [2.75, 3.05) is 0 Å². The lowest BCUT2D eigenvalue weighted by Gasteiger charge is -2.01. The number of hydrogen-bond donors (Lipinski definition) is 0. The van der Waals surface area contributed by atoms with Crippen molar-refractivity contribution in [2.45, 2.75) is 13.5 Å². The smallest absolute Gasteiger partial charge is 0.175 e. The quantitative estimate of drug-likeness (QED) is 0.819. The van der Waals surface area contributed by atoms with E-state index in [2.05, 4.69) is 21.0 Å². The molecule has 4 heteroatoms. The van der Waals surface area contributed by atoms with Crippen LogP contribution in [0, 0.1) is 12.7 Å². The molecular formula is C11H10BrFN2. The summed E-state index contributed by atoms with van der Waals surface area (Å²) in [6.07, 6.45) is 1.38. The maximum Gasteiger partial charge on any atom is 0.175 e. The van der Waals surface area contributed by atoms with E-state index >= 15 is 0 Å². The summed E-state index contributed by atoms with van der Waals surface area (Å²) < 4.78 is 14.8. The number of aromatic nitrogens is 2. The fraction of sp³-hybridized carbons (Fsp3) is 0.182. The van der Waals surface area contributed by atoms with Crippen molar-refractivity contribution in [3.05, 3.63) is 52.0 Å². The first-order valence-electron chi connectivity index (χ1n) is 4.59. The molecular weight excluding hydrogens is 259 g/mol. The molecule has 0 bridgehead atoms. The molecule has 2 aromatic rings. The minimum absolute atomic E-state index is 0.259. The third-order valence-corrected chi connectivity index (χ3v) is 2.68. The molecule has 0 spiro atoms. The summed E-state index contributed by atoms with van der Waals surface area (Å²) in [5.74, 6) is -0.331. The van der Waals surface area contributed by atoms with Gasteiger partial charge in [0, 0.05) is 0 Å². The van der Waals surface area contributed by atoms with Crippen LogP contribution in [0.4, 0.5) is 4.39 Å². The second-order valence-electron chi connectivity index (χ2n) is 3.45. The molecule has 0 aliphatic carbocycles. The highest BCUT2D eigenvalue weighted by Crippen LogP contribution is 2.13. The van der Waals surface area contributed by atoms with Crippen LogP contribution < -0.4 is 0 Å². The minimum Gasteiger partial charge on any atom is -0.264 e. The Kier molecular flexibility index (Phi) is 2.86. The van der Waals surface area contributed by atoms with E-state index in [1.54, 1.807) is 4.68 Å². The van der Waals surface area contributed by atoms with E-state index in [1.807, 2.05) is 31.2 Å². The molecule has 0 saturated heterocycles. The molecule has 2 nitrogen and oxygen atoms in total. The normalized spacial score (nSPS) is 10.6. The average molecular weight is 269 g/mol. The third-order valence-electron chi connectivity index (χ3n) is 2.14. The molecule has 0 atom stereocenters. The fourth-order valence-electron chi connectivity index (χ4n) is 1.34. The van der Waals surface area contributed by atoms with Crippen LogP contribution >= 0.6 is 15.9 Å². The van der Waals surface area contributed by atoms with Crippen LogP contribution in [0.2, 0.25) is 0 Å². The molecule has 0 unspecified atom stereocenters. The Morgan fingerprint density at radius 1 is 1.33 bits per heavy atom. The summed E-state index contributed by atoms with van der Waals surface area (Å²) in [5.41, 5.74) is 2.32. The second kappa shape index (κ2) is 4.14. The summed E-state index contributed by atoms with van der Waals surface area (Å²) in [6.45, 7) is 2.62. The molecule has 0 amide bonds. The van der Waals surface area contributed by atoms with Crippen molar-refractivity contribution in [3.63, 3.8) is 0 Å². The first kappa shape index (κ1) is 10.4. The standard InChI is InChI=1S/C11H10BrFN2/c1-8-2-4-9(5-3-8)6-15-7-10(13)11(12)14-15/h2-5,7H,6H2,1H3. The lowest BCUT2D eigenvalue weighted by Crippen LogP contribution is -1.99. The molecule has 0 radical (unpaired) electrons. The average Bonchev–Trinajstić information content (AvgIpc) is 2.50. The van der Waals surface area contributed by atoms with Crippen molar-refractivity contribution >= 4 is 15.9 Å². The largest absolute Gasteiger partial charge is 0.264 e. The van der Waals surface area contributed by atoms with Crippen LogP contribution in [0.25, 0.3) is 0 Å². The van der Waals surface area contributed by atoms with Gasteiger partial charge in [0.2, 0.25) is 0 Å². The third kappa shape index (κ3) is 2.45. The van der Waals surface area contributed by atoms with E-state index < -0.39 is 0 Å². The highest BCUT2D eigenvalue weighted by molar-refractivity contribution is 9.10. The van der Waals surface area contributed by atoms with E-state index in [9.17, 15) is 4.39 Å². The maximum atomic E-state index is 13.0. The molecule has 0 aliphatic rings. The molecule has 1 aromatic carbocycles. The molecule has 1 aromatic heterocycles. The van der Waals surface area contributed by atoms with Gasteiger partial charge >= 0.3 is 0 Å². The van der Waals surface area contributed by atoms with Gasteiger partial charge in [-0.05, 0) is 28.4 Å². The zero-order valence-corrected chi connectivity index (χ0v) is 9.83. The molecule has 0 fully saturated rings. The zero-order chi connectivity index (χ0) is 10.8. The van der Waals surface area contributed by atoms with Gasteiger partial charge in [0.15, 0.2) is 10.4 Å². The van der Waals surface area contributed by atoms with Gasteiger partial charge in [0.25, 0.3) is 0 Å². The number of benzene rings is 1. The lowest BCUT2D eigenvalue weighted by atomic mass is 10.1. The van der Waals surface area contributed by atoms with Crippen LogP contribution in [-0.4, -0.2) is 9.78 Å². The lowest BCUT2D eigenvalue weighted by molar-refractivity contribution is 0.616. The van der Waals surface area contributed by atoms with Crippen LogP contribution in [0.5, 0.6) is 0 Å². The van der Waals surface area contributed by atoms with Crippen molar-refractivity contribution in [3.8, 4) is 0 Å². The Hall–Kier alpha value is -1.16. The Balaban J connectivity index is 2.18. The minimum atomic E-state index is -0.331. The van der Waals surface area contributed by atoms with Crippen LogP contribution in [0.15, 0.2) is 35.1 Å². The highest BCUT2D eigenvalue weighted by Gasteiger charge is 2.04. The van der Waals surface area contributed by atoms with E-state index in [1.165, 1.54) is 11.8 Å². The van der Waals surface area contributed by atoms with Crippen molar-refractivity contribution in [1.82, 2.24) is 9.78 Å². The van der Waals surface area contributed by atoms with Crippen LogP contribution in [0.1, 0.15) is 11.1 Å². The van der Waals surface area contributed by atoms with E-state index in [4.69, 9.17) is 0 Å². The molecule has 0 saturated carbocycles. The molecule has 78 valence electrons. The SMILES string of the molecule is Cc1ccc(Cn2cc(F)c(Br)n2)cc1. The molecule has 1 heterocycles. The summed E-state index contributed by atoms with van der Waals surface area (Å²) >= 11 is 3.03. The Labute approximate surface area is 95.9 Å². The number of nitrogens with zero attached hydrogens (tertiary/aromatic N) is 2. The number of halogens is 2. The summed E-state index contributed by atoms with van der Waals surface area (Å²) in [5, 5.41) is 3.99. The van der Waals surface area contributed by atoms with Gasteiger partial charge in [0.1, 0.15) is 0 Å². The highest BCUT2D eigenvalue weighted by atomic mass is 79.9. The summed E-state index contributed by atoms with van der Waals surface area (Å²) in [4.78, 5) is 0. The van der Waals surface area contributed by atoms with Gasteiger partial charge in [0.05, 0.1) is 12.7 Å². The molecule has 0 aliphatic heterocycles. The van der Waals surface area contributed by atoms with Gasteiger partial charge < -0.3 is 0 Å². The van der Waals surface area contributed by atoms with Gasteiger partial charge in [-0.25, -0.2) is 4.39 Å². The van der Waals surface area contributed by atoms with Crippen molar-refractivity contribution < 1.29 is 4.39 Å². The van der Waals surface area contributed by atoms with Gasteiger partial charge in [-0.15, -0.1) is 0 Å². The van der Waals surface area contributed by atoms with Crippen LogP contribution in [0.3, 0.4) is 0 Å². The molecule has 2 rings (SSSR count). The topological polar surface area (TPSA) is 17.8 Å². The first-order valence-corrected chi connectivity index (χ1v) is 5.38. The summed E-state index contributed by atoms with van der Waals surface area (Å²) in [6, 6.07) is 8.10. The molecule has 15 heavy (non-hydrogen) atoms. The predicted molar refractivity (Wildman–Crippen MR) is 60.2 cm³/mol. The fourth-order valence-corrected chi connectivity index (χ4v) is 1.64. The number of rotatable bonds is 2. The number of hydrogen-bond acceptors (Lipinski definition) is 1. The molecule has 0 N–H and O–H groups in total. The predicted octanol–water partition coefficient (Wildman–Crippen LogP) is 3.14. The van der Waals surface area contributed by atoms with Crippen LogP contribution in [-0.2, 0) is 6.54 Å². The monoisotopic (exact) mass is 268 g/mol. The van der Waals surface area contributed by atoms with E-state index in [0.29, 0.717) is 6.54 Å². The zero-order valence-electron chi connectivity index (χ0n) is 8.24. The Morgan fingerprint density at radius 3 is 2.53 bits per heavy atom. The van der Waals surface area contributed by atoms with E-state index in [-0.39, 0.29) is 10.4 Å². The number of aryl methyl sites for hydroxylation is 1. The van der Waals surface area contributed by atoms with Crippen molar-refractivity contribution in [2.24, 2.45) is 0 Å². The van der Waals surface area contributed by atoms with Gasteiger partial charge in [-0.1, -0.05) is 29.8 Å². The first-order chi connectivity index (χ1) is 7.15. The van der Waals surface area contributed by atoms with E-state index in [0.717, 1.165) is 5.56 Å². The second-order valence-corrected chi connectivity index (χ2v) is 4.20.